The summed E-state index contributed by atoms with van der Waals surface area (Å²) in [6.45, 7) is 4.85. The van der Waals surface area contributed by atoms with Crippen molar-refractivity contribution in [1.29, 1.82) is 0 Å². The van der Waals surface area contributed by atoms with E-state index in [4.69, 9.17) is 4.74 Å². The van der Waals surface area contributed by atoms with Gasteiger partial charge in [0.1, 0.15) is 0 Å². The minimum atomic E-state index is -0.0195. The largest absolute Gasteiger partial charge is 0.466 e. The van der Waals surface area contributed by atoms with Crippen LogP contribution in [0.25, 0.3) is 0 Å². The van der Waals surface area contributed by atoms with Gasteiger partial charge in [0.05, 0.1) is 6.61 Å². The highest BCUT2D eigenvalue weighted by atomic mass is 16.5. The molecule has 0 saturated heterocycles. The van der Waals surface area contributed by atoms with Crippen LogP contribution in [0.15, 0.2) is 24.3 Å². The summed E-state index contributed by atoms with van der Waals surface area (Å²) >= 11 is 0. The quantitative estimate of drug-likeness (QED) is 0.121. The zero-order valence-corrected chi connectivity index (χ0v) is 18.4. The number of carbonyl (C=O) groups excluding carboxylic acids is 1. The van der Waals surface area contributed by atoms with Crippen molar-refractivity contribution in [2.45, 2.75) is 123 Å². The second-order valence-corrected chi connectivity index (χ2v) is 7.62. The molecule has 0 heterocycles. The molecule has 0 spiro atoms. The molecule has 2 heteroatoms. The fraction of sp³-hybridized carbons (Fsp3) is 0.800. The highest BCUT2D eigenvalue weighted by Crippen LogP contribution is 2.12. The van der Waals surface area contributed by atoms with Crippen molar-refractivity contribution in [3.63, 3.8) is 0 Å². The predicted molar refractivity (Wildman–Crippen MR) is 119 cm³/mol. The van der Waals surface area contributed by atoms with E-state index in [1.807, 2.05) is 6.92 Å². The maximum absolute atomic E-state index is 11.4. The van der Waals surface area contributed by atoms with E-state index in [1.54, 1.807) is 0 Å². The van der Waals surface area contributed by atoms with Gasteiger partial charge in [-0.3, -0.25) is 4.79 Å². The van der Waals surface area contributed by atoms with E-state index in [0.29, 0.717) is 13.0 Å². The Hall–Kier alpha value is -1.05. The van der Waals surface area contributed by atoms with E-state index >= 15 is 0 Å². The third kappa shape index (κ3) is 22.9. The average molecular weight is 379 g/mol. The van der Waals surface area contributed by atoms with E-state index in [2.05, 4.69) is 31.2 Å². The molecular formula is C25H46O2. The van der Waals surface area contributed by atoms with Gasteiger partial charge in [0.15, 0.2) is 0 Å². The Morgan fingerprint density at radius 1 is 0.630 bits per heavy atom. The molecule has 0 fully saturated rings. The lowest BCUT2D eigenvalue weighted by atomic mass is 10.1. The summed E-state index contributed by atoms with van der Waals surface area (Å²) in [5.41, 5.74) is 0. The van der Waals surface area contributed by atoms with Crippen LogP contribution in [0.4, 0.5) is 0 Å². The van der Waals surface area contributed by atoms with Crippen LogP contribution < -0.4 is 0 Å². The van der Waals surface area contributed by atoms with Gasteiger partial charge >= 0.3 is 5.97 Å². The van der Waals surface area contributed by atoms with Crippen molar-refractivity contribution >= 4 is 5.97 Å². The zero-order valence-electron chi connectivity index (χ0n) is 18.4. The van der Waals surface area contributed by atoms with Crippen LogP contribution in [0.3, 0.4) is 0 Å². The van der Waals surface area contributed by atoms with Gasteiger partial charge in [-0.25, -0.2) is 0 Å². The summed E-state index contributed by atoms with van der Waals surface area (Å²) in [5, 5.41) is 0. The van der Waals surface area contributed by atoms with Gasteiger partial charge < -0.3 is 4.74 Å². The lowest BCUT2D eigenvalue weighted by Gasteiger charge is -2.03. The molecule has 27 heavy (non-hydrogen) atoms. The van der Waals surface area contributed by atoms with Crippen LogP contribution in [0.5, 0.6) is 0 Å². The Morgan fingerprint density at radius 2 is 1.15 bits per heavy atom. The minimum Gasteiger partial charge on any atom is -0.466 e. The normalized spacial score (nSPS) is 11.6. The molecule has 0 amide bonds. The lowest BCUT2D eigenvalue weighted by Crippen LogP contribution is -2.04. The number of hydrogen-bond acceptors (Lipinski definition) is 2. The summed E-state index contributed by atoms with van der Waals surface area (Å²) in [6.07, 6.45) is 29.9. The number of esters is 1. The van der Waals surface area contributed by atoms with E-state index < -0.39 is 0 Å². The molecule has 0 rings (SSSR count). The van der Waals surface area contributed by atoms with Crippen LogP contribution in [0.2, 0.25) is 0 Å². The molecule has 2 nitrogen and oxygen atoms in total. The van der Waals surface area contributed by atoms with Crippen molar-refractivity contribution in [2.24, 2.45) is 0 Å². The van der Waals surface area contributed by atoms with E-state index in [9.17, 15) is 4.79 Å². The monoisotopic (exact) mass is 378 g/mol. The second kappa shape index (κ2) is 23.0. The first-order valence-corrected chi connectivity index (χ1v) is 11.8. The Balaban J connectivity index is 3.18. The van der Waals surface area contributed by atoms with Crippen molar-refractivity contribution in [3.8, 4) is 0 Å². The Morgan fingerprint density at radius 3 is 1.70 bits per heavy atom. The molecule has 0 unspecified atom stereocenters. The third-order valence-electron chi connectivity index (χ3n) is 4.80. The van der Waals surface area contributed by atoms with E-state index in [1.165, 1.54) is 83.5 Å². The van der Waals surface area contributed by atoms with Crippen molar-refractivity contribution in [2.75, 3.05) is 6.61 Å². The molecule has 0 aliphatic rings. The lowest BCUT2D eigenvalue weighted by molar-refractivity contribution is -0.143. The van der Waals surface area contributed by atoms with Gasteiger partial charge in [-0.05, 0) is 44.9 Å². The summed E-state index contributed by atoms with van der Waals surface area (Å²) in [7, 11) is 0. The number of carbonyl (C=O) groups is 1. The van der Waals surface area contributed by atoms with E-state index in [0.717, 1.165) is 19.3 Å². The Kier molecular flexibility index (Phi) is 22.1. The smallest absolute Gasteiger partial charge is 0.305 e. The van der Waals surface area contributed by atoms with Crippen LogP contribution >= 0.6 is 0 Å². The van der Waals surface area contributed by atoms with Crippen LogP contribution in [0, 0.1) is 0 Å². The summed E-state index contributed by atoms with van der Waals surface area (Å²) < 4.78 is 5.08. The standard InChI is InChI=1S/C25H46O2/c1-3-5-6-7-8-9-10-11-12-13-14-15-16-17-18-19-20-21-22-23-25(26)27-24-4-2/h8-9,11-12H,3-7,10,13-24H2,1-2H3/b9-8-,12-11-. The summed E-state index contributed by atoms with van der Waals surface area (Å²) in [4.78, 5) is 11.4. The number of rotatable bonds is 20. The molecule has 0 atom stereocenters. The van der Waals surface area contributed by atoms with Crippen molar-refractivity contribution in [3.05, 3.63) is 24.3 Å². The molecule has 0 aliphatic carbocycles. The van der Waals surface area contributed by atoms with Crippen LogP contribution in [-0.4, -0.2) is 12.6 Å². The topological polar surface area (TPSA) is 26.3 Å². The molecule has 0 radical (unpaired) electrons. The maximum atomic E-state index is 11.4. The molecule has 0 N–H and O–H groups in total. The fourth-order valence-corrected chi connectivity index (χ4v) is 3.08. The first kappa shape index (κ1) is 26.0. The highest BCUT2D eigenvalue weighted by Gasteiger charge is 2.01. The van der Waals surface area contributed by atoms with Gasteiger partial charge in [-0.1, -0.05) is 95.9 Å². The fourth-order valence-electron chi connectivity index (χ4n) is 3.08. The molecule has 0 bridgehead atoms. The molecular weight excluding hydrogens is 332 g/mol. The molecule has 0 aromatic rings. The average Bonchev–Trinajstić information content (AvgIpc) is 2.68. The molecule has 0 aromatic carbocycles. The first-order valence-electron chi connectivity index (χ1n) is 11.8. The minimum absolute atomic E-state index is 0.0195. The second-order valence-electron chi connectivity index (χ2n) is 7.62. The third-order valence-corrected chi connectivity index (χ3v) is 4.80. The highest BCUT2D eigenvalue weighted by molar-refractivity contribution is 5.69. The van der Waals surface area contributed by atoms with Crippen LogP contribution in [0.1, 0.15) is 123 Å². The molecule has 0 saturated carbocycles. The zero-order chi connectivity index (χ0) is 19.8. The van der Waals surface area contributed by atoms with Crippen LogP contribution in [-0.2, 0) is 9.53 Å². The molecule has 0 aliphatic heterocycles. The van der Waals surface area contributed by atoms with Gasteiger partial charge in [-0.15, -0.1) is 0 Å². The first-order chi connectivity index (χ1) is 13.3. The summed E-state index contributed by atoms with van der Waals surface area (Å²) in [6, 6.07) is 0. The predicted octanol–water partition coefficient (Wildman–Crippen LogP) is 8.31. The van der Waals surface area contributed by atoms with Gasteiger partial charge in [0.2, 0.25) is 0 Å². The van der Waals surface area contributed by atoms with Gasteiger partial charge in [-0.2, -0.15) is 0 Å². The van der Waals surface area contributed by atoms with Gasteiger partial charge in [0.25, 0.3) is 0 Å². The Labute approximate surface area is 169 Å². The van der Waals surface area contributed by atoms with Gasteiger partial charge in [0, 0.05) is 6.42 Å². The SMILES string of the molecule is CCCCC/C=C\C/C=C\CCCCCCCCCCCC(=O)OCCC. The molecule has 0 aromatic heterocycles. The molecule has 158 valence electrons. The number of unbranched alkanes of at least 4 members (excludes halogenated alkanes) is 12. The number of ether oxygens (including phenoxy) is 1. The number of allylic oxidation sites excluding steroid dienone is 4. The number of hydrogen-bond donors (Lipinski definition) is 0. The van der Waals surface area contributed by atoms with Crippen molar-refractivity contribution < 1.29 is 9.53 Å². The van der Waals surface area contributed by atoms with Crippen molar-refractivity contribution in [1.82, 2.24) is 0 Å². The maximum Gasteiger partial charge on any atom is 0.305 e. The Bertz CT molecular complexity index is 357. The van der Waals surface area contributed by atoms with E-state index in [-0.39, 0.29) is 5.97 Å². The summed E-state index contributed by atoms with van der Waals surface area (Å²) in [5.74, 6) is -0.0195.